The molecule has 0 fully saturated rings. The smallest absolute Gasteiger partial charge is 0.125 e. The second kappa shape index (κ2) is 4.10. The van der Waals surface area contributed by atoms with Crippen LogP contribution in [0.4, 0.5) is 0 Å². The lowest BCUT2D eigenvalue weighted by atomic mass is 10.1. The fraction of sp³-hybridized carbons (Fsp3) is 0.500. The zero-order chi connectivity index (χ0) is 8.97. The molecule has 0 aliphatic carbocycles. The summed E-state index contributed by atoms with van der Waals surface area (Å²) in [7, 11) is 0. The first-order chi connectivity index (χ1) is 5.75. The molecule has 12 heavy (non-hydrogen) atoms. The highest BCUT2D eigenvalue weighted by atomic mass is 16.5. The van der Waals surface area contributed by atoms with Gasteiger partial charge in [0.25, 0.3) is 0 Å². The van der Waals surface area contributed by atoms with Gasteiger partial charge in [-0.1, -0.05) is 13.8 Å². The molecule has 0 aliphatic heterocycles. The highest BCUT2D eigenvalue weighted by molar-refractivity contribution is 5.32. The maximum absolute atomic E-state index is 5.46. The van der Waals surface area contributed by atoms with E-state index in [0.717, 1.165) is 5.75 Å². The van der Waals surface area contributed by atoms with Crippen LogP contribution in [-0.2, 0) is 0 Å². The molecule has 0 radical (unpaired) electrons. The predicted octanol–water partition coefficient (Wildman–Crippen LogP) is 2.60. The van der Waals surface area contributed by atoms with Crippen molar-refractivity contribution >= 4 is 0 Å². The van der Waals surface area contributed by atoms with Crippen molar-refractivity contribution < 1.29 is 4.74 Å². The maximum Gasteiger partial charge on any atom is 0.125 e. The lowest BCUT2D eigenvalue weighted by Gasteiger charge is -2.11. The second-order valence-electron chi connectivity index (χ2n) is 3.00. The molecule has 2 nitrogen and oxygen atoms in total. The molecule has 0 aliphatic rings. The van der Waals surface area contributed by atoms with E-state index in [0.29, 0.717) is 12.5 Å². The standard InChI is InChI=1S/C10H15NO/c1-4-12-10-5-6-11-7-9(10)8(2)3/h5-8H,4H2,1-3H3. The monoisotopic (exact) mass is 165 g/mol. The molecule has 0 unspecified atom stereocenters. The van der Waals surface area contributed by atoms with Crippen molar-refractivity contribution in [2.75, 3.05) is 6.61 Å². The van der Waals surface area contributed by atoms with Crippen LogP contribution in [0.1, 0.15) is 32.3 Å². The molecule has 1 aromatic rings. The fourth-order valence-corrected chi connectivity index (χ4v) is 1.11. The molecule has 0 saturated carbocycles. The Morgan fingerprint density at radius 1 is 1.50 bits per heavy atom. The van der Waals surface area contributed by atoms with Crippen molar-refractivity contribution in [3.8, 4) is 5.75 Å². The van der Waals surface area contributed by atoms with Crippen molar-refractivity contribution in [1.29, 1.82) is 0 Å². The molecule has 0 amide bonds. The van der Waals surface area contributed by atoms with E-state index in [1.165, 1.54) is 5.56 Å². The molecular formula is C10H15NO. The van der Waals surface area contributed by atoms with E-state index in [1.807, 2.05) is 19.2 Å². The Hall–Kier alpha value is -1.05. The molecule has 1 heterocycles. The van der Waals surface area contributed by atoms with Gasteiger partial charge in [0, 0.05) is 18.0 Å². The van der Waals surface area contributed by atoms with Gasteiger partial charge in [-0.25, -0.2) is 0 Å². The van der Waals surface area contributed by atoms with E-state index in [2.05, 4.69) is 18.8 Å². The normalized spacial score (nSPS) is 10.3. The van der Waals surface area contributed by atoms with Crippen LogP contribution in [-0.4, -0.2) is 11.6 Å². The number of ether oxygens (including phenoxy) is 1. The van der Waals surface area contributed by atoms with Crippen LogP contribution in [0.25, 0.3) is 0 Å². The van der Waals surface area contributed by atoms with Crippen LogP contribution in [0.3, 0.4) is 0 Å². The second-order valence-corrected chi connectivity index (χ2v) is 3.00. The van der Waals surface area contributed by atoms with Crippen molar-refractivity contribution in [2.24, 2.45) is 0 Å². The summed E-state index contributed by atoms with van der Waals surface area (Å²) in [5, 5.41) is 0. The molecule has 0 spiro atoms. The molecule has 0 N–H and O–H groups in total. The average molecular weight is 165 g/mol. The van der Waals surface area contributed by atoms with Gasteiger partial charge >= 0.3 is 0 Å². The van der Waals surface area contributed by atoms with E-state index >= 15 is 0 Å². The number of hydrogen-bond donors (Lipinski definition) is 0. The fourth-order valence-electron chi connectivity index (χ4n) is 1.11. The first-order valence-corrected chi connectivity index (χ1v) is 4.32. The van der Waals surface area contributed by atoms with Crippen molar-refractivity contribution in [1.82, 2.24) is 4.98 Å². The van der Waals surface area contributed by atoms with Crippen LogP contribution in [0.5, 0.6) is 5.75 Å². The molecule has 66 valence electrons. The molecule has 0 saturated heterocycles. The van der Waals surface area contributed by atoms with E-state index in [1.54, 1.807) is 6.20 Å². The Kier molecular flexibility index (Phi) is 3.09. The van der Waals surface area contributed by atoms with Crippen molar-refractivity contribution in [3.63, 3.8) is 0 Å². The third-order valence-corrected chi connectivity index (χ3v) is 1.73. The lowest BCUT2D eigenvalue weighted by molar-refractivity contribution is 0.334. The topological polar surface area (TPSA) is 22.1 Å². The minimum atomic E-state index is 0.472. The van der Waals surface area contributed by atoms with Crippen LogP contribution >= 0.6 is 0 Å². The van der Waals surface area contributed by atoms with Crippen LogP contribution < -0.4 is 4.74 Å². The Labute approximate surface area is 73.6 Å². The number of rotatable bonds is 3. The highest BCUT2D eigenvalue weighted by Gasteiger charge is 2.05. The van der Waals surface area contributed by atoms with Gasteiger partial charge in [0.2, 0.25) is 0 Å². The molecule has 0 aromatic carbocycles. The van der Waals surface area contributed by atoms with Crippen LogP contribution in [0, 0.1) is 0 Å². The Morgan fingerprint density at radius 3 is 2.83 bits per heavy atom. The van der Waals surface area contributed by atoms with Gasteiger partial charge in [0.1, 0.15) is 5.75 Å². The van der Waals surface area contributed by atoms with Gasteiger partial charge < -0.3 is 4.74 Å². The molecular weight excluding hydrogens is 150 g/mol. The molecule has 0 bridgehead atoms. The van der Waals surface area contributed by atoms with Crippen molar-refractivity contribution in [2.45, 2.75) is 26.7 Å². The zero-order valence-electron chi connectivity index (χ0n) is 7.87. The van der Waals surface area contributed by atoms with Crippen LogP contribution in [0.15, 0.2) is 18.5 Å². The lowest BCUT2D eigenvalue weighted by Crippen LogP contribution is -1.98. The van der Waals surface area contributed by atoms with E-state index < -0.39 is 0 Å². The van der Waals surface area contributed by atoms with Gasteiger partial charge in [0.15, 0.2) is 0 Å². The summed E-state index contributed by atoms with van der Waals surface area (Å²) >= 11 is 0. The minimum Gasteiger partial charge on any atom is -0.493 e. The summed E-state index contributed by atoms with van der Waals surface area (Å²) in [6, 6.07) is 1.92. The number of nitrogens with zero attached hydrogens (tertiary/aromatic N) is 1. The van der Waals surface area contributed by atoms with Gasteiger partial charge in [-0.15, -0.1) is 0 Å². The Bertz CT molecular complexity index is 245. The van der Waals surface area contributed by atoms with Gasteiger partial charge in [0.05, 0.1) is 6.61 Å². The first-order valence-electron chi connectivity index (χ1n) is 4.32. The SMILES string of the molecule is CCOc1ccncc1C(C)C. The molecule has 2 heteroatoms. The molecule has 1 aromatic heterocycles. The highest BCUT2D eigenvalue weighted by Crippen LogP contribution is 2.24. The third-order valence-electron chi connectivity index (χ3n) is 1.73. The van der Waals surface area contributed by atoms with Gasteiger partial charge in [-0.3, -0.25) is 4.98 Å². The van der Waals surface area contributed by atoms with Crippen LogP contribution in [0.2, 0.25) is 0 Å². The average Bonchev–Trinajstić information content (AvgIpc) is 2.05. The maximum atomic E-state index is 5.46. The number of hydrogen-bond acceptors (Lipinski definition) is 2. The van der Waals surface area contributed by atoms with E-state index in [4.69, 9.17) is 4.74 Å². The predicted molar refractivity (Wildman–Crippen MR) is 49.5 cm³/mol. The summed E-state index contributed by atoms with van der Waals surface area (Å²) in [4.78, 5) is 4.07. The van der Waals surface area contributed by atoms with Crippen molar-refractivity contribution in [3.05, 3.63) is 24.0 Å². The number of pyridine rings is 1. The zero-order valence-corrected chi connectivity index (χ0v) is 7.87. The summed E-state index contributed by atoms with van der Waals surface area (Å²) in [6.07, 6.45) is 3.63. The quantitative estimate of drug-likeness (QED) is 0.686. The Morgan fingerprint density at radius 2 is 2.25 bits per heavy atom. The van der Waals surface area contributed by atoms with Gasteiger partial charge in [-0.2, -0.15) is 0 Å². The molecule has 0 atom stereocenters. The molecule has 1 rings (SSSR count). The van der Waals surface area contributed by atoms with E-state index in [-0.39, 0.29) is 0 Å². The van der Waals surface area contributed by atoms with Gasteiger partial charge in [-0.05, 0) is 18.9 Å². The number of aromatic nitrogens is 1. The minimum absolute atomic E-state index is 0.472. The summed E-state index contributed by atoms with van der Waals surface area (Å²) < 4.78 is 5.46. The summed E-state index contributed by atoms with van der Waals surface area (Å²) in [6.45, 7) is 6.98. The third kappa shape index (κ3) is 1.97. The summed E-state index contributed by atoms with van der Waals surface area (Å²) in [5.41, 5.74) is 1.18. The largest absolute Gasteiger partial charge is 0.493 e. The van der Waals surface area contributed by atoms with E-state index in [9.17, 15) is 0 Å². The Balaban J connectivity index is 2.92. The first kappa shape index (κ1) is 9.04. The summed E-state index contributed by atoms with van der Waals surface area (Å²) in [5.74, 6) is 1.43.